The van der Waals surface area contributed by atoms with Crippen LogP contribution in [-0.2, 0) is 10.0 Å². The number of benzene rings is 1. The largest absolute Gasteiger partial charge is 0.280 e. The Kier molecular flexibility index (Phi) is 4.18. The minimum absolute atomic E-state index is 0.0512. The van der Waals surface area contributed by atoms with Gasteiger partial charge in [0.25, 0.3) is 15.7 Å². The molecule has 2 rings (SSSR count). The van der Waals surface area contributed by atoms with E-state index in [0.29, 0.717) is 0 Å². The van der Waals surface area contributed by atoms with Crippen molar-refractivity contribution >= 4 is 21.5 Å². The fraction of sp³-hybridized carbons (Fsp3) is 0.308. The summed E-state index contributed by atoms with van der Waals surface area (Å²) in [6.45, 7) is 5.39. The topological polar surface area (TPSA) is 118 Å². The van der Waals surface area contributed by atoms with Crippen molar-refractivity contribution in [3.05, 3.63) is 45.6 Å². The number of nitro benzene ring substituents is 1. The Morgan fingerprint density at radius 3 is 2.50 bits per heavy atom. The molecule has 1 aromatic carbocycles. The SMILES string of the molecule is Cc1cc(S(=O)(=O)Nc2cc(C(C)C)[nH]n2)ccc1[N+](=O)[O-]. The summed E-state index contributed by atoms with van der Waals surface area (Å²) in [5, 5.41) is 17.4. The van der Waals surface area contributed by atoms with Gasteiger partial charge in [0.1, 0.15) is 0 Å². The molecule has 0 aliphatic rings. The second-order valence-corrected chi connectivity index (χ2v) is 6.86. The van der Waals surface area contributed by atoms with Gasteiger partial charge in [-0.1, -0.05) is 13.8 Å². The summed E-state index contributed by atoms with van der Waals surface area (Å²) < 4.78 is 26.9. The third-order valence-electron chi connectivity index (χ3n) is 3.13. The molecule has 0 aliphatic carbocycles. The smallest absolute Gasteiger partial charge is 0.272 e. The Hall–Kier alpha value is -2.42. The Balaban J connectivity index is 2.30. The van der Waals surface area contributed by atoms with Crippen LogP contribution >= 0.6 is 0 Å². The van der Waals surface area contributed by atoms with Gasteiger partial charge in [0.05, 0.1) is 9.82 Å². The van der Waals surface area contributed by atoms with Gasteiger partial charge >= 0.3 is 0 Å². The summed E-state index contributed by atoms with van der Waals surface area (Å²) >= 11 is 0. The summed E-state index contributed by atoms with van der Waals surface area (Å²) in [6, 6.07) is 5.24. The molecule has 22 heavy (non-hydrogen) atoms. The average Bonchev–Trinajstić information content (AvgIpc) is 2.86. The maximum Gasteiger partial charge on any atom is 0.272 e. The first kappa shape index (κ1) is 16.0. The number of aromatic nitrogens is 2. The number of nitrogens with one attached hydrogen (secondary N) is 2. The van der Waals surface area contributed by atoms with Gasteiger partial charge in [-0.25, -0.2) is 8.42 Å². The van der Waals surface area contributed by atoms with Gasteiger partial charge in [0.2, 0.25) is 0 Å². The maximum atomic E-state index is 12.3. The van der Waals surface area contributed by atoms with Crippen LogP contribution in [-0.4, -0.2) is 23.5 Å². The minimum atomic E-state index is -3.85. The van der Waals surface area contributed by atoms with Gasteiger partial charge in [0, 0.05) is 23.4 Å². The number of nitro groups is 1. The molecule has 0 radical (unpaired) electrons. The Labute approximate surface area is 127 Å². The van der Waals surface area contributed by atoms with Crippen LogP contribution in [0.15, 0.2) is 29.2 Å². The number of H-pyrrole nitrogens is 1. The molecule has 0 fully saturated rings. The highest BCUT2D eigenvalue weighted by molar-refractivity contribution is 7.92. The molecule has 0 unspecified atom stereocenters. The van der Waals surface area contributed by atoms with Crippen molar-refractivity contribution in [2.24, 2.45) is 0 Å². The van der Waals surface area contributed by atoms with Crippen LogP contribution in [0.2, 0.25) is 0 Å². The van der Waals surface area contributed by atoms with Gasteiger partial charge in [-0.3, -0.25) is 19.9 Å². The zero-order chi connectivity index (χ0) is 16.5. The number of anilines is 1. The fourth-order valence-electron chi connectivity index (χ4n) is 1.88. The van der Waals surface area contributed by atoms with Crippen LogP contribution in [0.1, 0.15) is 31.0 Å². The molecule has 8 nitrogen and oxygen atoms in total. The average molecular weight is 324 g/mol. The zero-order valence-corrected chi connectivity index (χ0v) is 13.1. The summed E-state index contributed by atoms with van der Waals surface area (Å²) in [6.07, 6.45) is 0. The normalized spacial score (nSPS) is 11.6. The molecule has 2 N–H and O–H groups in total. The molecule has 0 amide bonds. The molecular formula is C13H16N4O4S. The number of rotatable bonds is 5. The first-order valence-electron chi connectivity index (χ1n) is 6.54. The predicted molar refractivity (Wildman–Crippen MR) is 81.3 cm³/mol. The second-order valence-electron chi connectivity index (χ2n) is 5.17. The molecule has 0 bridgehead atoms. The maximum absolute atomic E-state index is 12.3. The van der Waals surface area contributed by atoms with E-state index < -0.39 is 14.9 Å². The van der Waals surface area contributed by atoms with E-state index in [2.05, 4.69) is 14.9 Å². The Morgan fingerprint density at radius 2 is 2.00 bits per heavy atom. The fourth-order valence-corrected chi connectivity index (χ4v) is 2.96. The number of aromatic amines is 1. The summed E-state index contributed by atoms with van der Waals surface area (Å²) in [7, 11) is -3.85. The van der Waals surface area contributed by atoms with Crippen molar-refractivity contribution in [1.29, 1.82) is 0 Å². The van der Waals surface area contributed by atoms with Gasteiger partial charge in [-0.05, 0) is 25.0 Å². The van der Waals surface area contributed by atoms with E-state index in [4.69, 9.17) is 0 Å². The number of nitrogens with zero attached hydrogens (tertiary/aromatic N) is 2. The van der Waals surface area contributed by atoms with Crippen molar-refractivity contribution in [3.8, 4) is 0 Å². The molecule has 1 heterocycles. The van der Waals surface area contributed by atoms with Crippen LogP contribution in [0.4, 0.5) is 11.5 Å². The molecule has 118 valence electrons. The van der Waals surface area contributed by atoms with Gasteiger partial charge in [-0.2, -0.15) is 5.10 Å². The van der Waals surface area contributed by atoms with E-state index in [1.165, 1.54) is 25.1 Å². The van der Waals surface area contributed by atoms with Crippen molar-refractivity contribution < 1.29 is 13.3 Å². The Bertz CT molecular complexity index is 811. The summed E-state index contributed by atoms with van der Waals surface area (Å²) in [5.41, 5.74) is 0.955. The van der Waals surface area contributed by atoms with Crippen molar-refractivity contribution in [1.82, 2.24) is 10.2 Å². The monoisotopic (exact) mass is 324 g/mol. The summed E-state index contributed by atoms with van der Waals surface area (Å²) in [5.74, 6) is 0.368. The number of hydrogen-bond acceptors (Lipinski definition) is 5. The summed E-state index contributed by atoms with van der Waals surface area (Å²) in [4.78, 5) is 10.2. The number of aryl methyl sites for hydroxylation is 1. The lowest BCUT2D eigenvalue weighted by Crippen LogP contribution is -2.13. The lowest BCUT2D eigenvalue weighted by atomic mass is 10.1. The van der Waals surface area contributed by atoms with Crippen molar-refractivity contribution in [3.63, 3.8) is 0 Å². The van der Waals surface area contributed by atoms with Gasteiger partial charge in [-0.15, -0.1) is 0 Å². The third kappa shape index (κ3) is 3.25. The van der Waals surface area contributed by atoms with Crippen LogP contribution in [0, 0.1) is 17.0 Å². The standard InChI is InChI=1S/C13H16N4O4S/c1-8(2)11-7-13(15-14-11)16-22(20,21)10-4-5-12(17(18)19)9(3)6-10/h4-8H,1-3H3,(H2,14,15,16). The van der Waals surface area contributed by atoms with Gasteiger partial charge < -0.3 is 0 Å². The molecule has 0 saturated carbocycles. The lowest BCUT2D eigenvalue weighted by molar-refractivity contribution is -0.385. The molecule has 9 heteroatoms. The van der Waals surface area contributed by atoms with E-state index in [9.17, 15) is 18.5 Å². The highest BCUT2D eigenvalue weighted by Crippen LogP contribution is 2.23. The van der Waals surface area contributed by atoms with E-state index in [1.807, 2.05) is 13.8 Å². The molecule has 0 spiro atoms. The molecular weight excluding hydrogens is 308 g/mol. The minimum Gasteiger partial charge on any atom is -0.280 e. The zero-order valence-electron chi connectivity index (χ0n) is 12.3. The predicted octanol–water partition coefficient (Wildman–Crippen LogP) is 2.55. The highest BCUT2D eigenvalue weighted by atomic mass is 32.2. The first-order valence-corrected chi connectivity index (χ1v) is 8.02. The molecule has 0 atom stereocenters. The van der Waals surface area contributed by atoms with E-state index in [0.717, 1.165) is 5.69 Å². The van der Waals surface area contributed by atoms with Crippen LogP contribution in [0.25, 0.3) is 0 Å². The Morgan fingerprint density at radius 1 is 1.32 bits per heavy atom. The van der Waals surface area contributed by atoms with E-state index >= 15 is 0 Å². The van der Waals surface area contributed by atoms with Crippen LogP contribution in [0.3, 0.4) is 0 Å². The van der Waals surface area contributed by atoms with Gasteiger partial charge in [0.15, 0.2) is 5.82 Å². The molecule has 2 aromatic rings. The van der Waals surface area contributed by atoms with Crippen molar-refractivity contribution in [2.45, 2.75) is 31.6 Å². The molecule has 0 aliphatic heterocycles. The number of hydrogen-bond donors (Lipinski definition) is 2. The first-order chi connectivity index (χ1) is 10.2. The molecule has 1 aromatic heterocycles. The number of sulfonamides is 1. The van der Waals surface area contributed by atoms with Crippen molar-refractivity contribution in [2.75, 3.05) is 4.72 Å². The third-order valence-corrected chi connectivity index (χ3v) is 4.49. The highest BCUT2D eigenvalue weighted by Gasteiger charge is 2.20. The lowest BCUT2D eigenvalue weighted by Gasteiger charge is -2.06. The van der Waals surface area contributed by atoms with Crippen LogP contribution < -0.4 is 4.72 Å². The van der Waals surface area contributed by atoms with E-state index in [1.54, 1.807) is 6.07 Å². The molecule has 0 saturated heterocycles. The van der Waals surface area contributed by atoms with E-state index in [-0.39, 0.29) is 27.9 Å². The second kappa shape index (κ2) is 5.76. The quantitative estimate of drug-likeness (QED) is 0.647. The van der Waals surface area contributed by atoms with Crippen LogP contribution in [0.5, 0.6) is 0 Å².